The number of amides is 1. The molecule has 192 valence electrons. The van der Waals surface area contributed by atoms with E-state index in [4.69, 9.17) is 4.74 Å². The Morgan fingerprint density at radius 3 is 1.83 bits per heavy atom. The SMILES string of the molecule is CC(C)(C)OC(=O)N1CCN(S(=O)(=O)n2ccnc2)CC1.C[n+]1ccn(S(=O)(=O)n2ccnc2)c1. The van der Waals surface area contributed by atoms with Gasteiger partial charge in [-0.3, -0.25) is 0 Å². The van der Waals surface area contributed by atoms with E-state index in [1.54, 1.807) is 38.6 Å². The van der Waals surface area contributed by atoms with Gasteiger partial charge < -0.3 is 9.64 Å². The van der Waals surface area contributed by atoms with Crippen LogP contribution in [0, 0.1) is 0 Å². The third-order valence-corrected chi connectivity index (χ3v) is 7.98. The van der Waals surface area contributed by atoms with E-state index in [1.165, 1.54) is 59.2 Å². The molecule has 16 heteroatoms. The number of rotatable bonds is 4. The lowest BCUT2D eigenvalue weighted by molar-refractivity contribution is -0.670. The molecule has 0 aromatic carbocycles. The molecule has 0 unspecified atom stereocenters. The van der Waals surface area contributed by atoms with E-state index in [9.17, 15) is 21.6 Å². The third kappa shape index (κ3) is 6.46. The van der Waals surface area contributed by atoms with Crippen LogP contribution in [0.3, 0.4) is 0 Å². The van der Waals surface area contributed by atoms with E-state index in [0.717, 1.165) is 11.9 Å². The molecule has 0 spiro atoms. The second-order valence-electron chi connectivity index (χ2n) is 8.58. The monoisotopic (exact) mass is 529 g/mol. The predicted molar refractivity (Wildman–Crippen MR) is 123 cm³/mol. The Morgan fingerprint density at radius 1 is 0.857 bits per heavy atom. The highest BCUT2D eigenvalue weighted by Crippen LogP contribution is 2.14. The molecule has 0 atom stereocenters. The average molecular weight is 530 g/mol. The van der Waals surface area contributed by atoms with Gasteiger partial charge in [-0.1, -0.05) is 0 Å². The summed E-state index contributed by atoms with van der Waals surface area (Å²) in [6, 6.07) is 0. The summed E-state index contributed by atoms with van der Waals surface area (Å²) in [4.78, 5) is 20.9. The Balaban J connectivity index is 0.000000211. The van der Waals surface area contributed by atoms with E-state index >= 15 is 0 Å². The molecular formula is C19H29N8O6S2+. The Hall–Kier alpha value is -3.24. The van der Waals surface area contributed by atoms with Gasteiger partial charge in [-0.2, -0.15) is 25.1 Å². The number of nitrogens with zero attached hydrogens (tertiary/aromatic N) is 8. The fourth-order valence-corrected chi connectivity index (χ4v) is 5.35. The molecule has 0 radical (unpaired) electrons. The molecule has 1 aliphatic heterocycles. The second kappa shape index (κ2) is 10.2. The molecule has 3 aromatic rings. The fraction of sp³-hybridized carbons (Fsp3) is 0.474. The molecule has 1 amide bonds. The zero-order valence-electron chi connectivity index (χ0n) is 19.9. The van der Waals surface area contributed by atoms with Gasteiger partial charge in [0.1, 0.15) is 30.6 Å². The summed E-state index contributed by atoms with van der Waals surface area (Å²) in [5.41, 5.74) is -0.558. The number of aryl methyl sites for hydroxylation is 1. The van der Waals surface area contributed by atoms with Gasteiger partial charge in [-0.15, -0.1) is 3.97 Å². The maximum Gasteiger partial charge on any atom is 0.410 e. The molecule has 4 heterocycles. The minimum Gasteiger partial charge on any atom is -0.444 e. The highest BCUT2D eigenvalue weighted by atomic mass is 32.2. The first kappa shape index (κ1) is 26.4. The van der Waals surface area contributed by atoms with E-state index in [0.29, 0.717) is 13.1 Å². The first-order valence-electron chi connectivity index (χ1n) is 10.5. The molecule has 3 aromatic heterocycles. The minimum absolute atomic E-state index is 0.236. The Kier molecular flexibility index (Phi) is 7.66. The zero-order valence-corrected chi connectivity index (χ0v) is 21.5. The van der Waals surface area contributed by atoms with Crippen LogP contribution in [0.4, 0.5) is 4.79 Å². The predicted octanol–water partition coefficient (Wildman–Crippen LogP) is -0.321. The molecule has 1 aliphatic rings. The fourth-order valence-electron chi connectivity index (χ4n) is 3.00. The number of carbonyl (C=O) groups is 1. The number of hydrogen-bond donors (Lipinski definition) is 0. The lowest BCUT2D eigenvalue weighted by Crippen LogP contribution is -2.52. The number of ether oxygens (including phenoxy) is 1. The van der Waals surface area contributed by atoms with E-state index < -0.39 is 32.1 Å². The van der Waals surface area contributed by atoms with Crippen molar-refractivity contribution in [3.05, 3.63) is 56.2 Å². The quantitative estimate of drug-likeness (QED) is 0.418. The van der Waals surface area contributed by atoms with Gasteiger partial charge in [-0.25, -0.2) is 23.3 Å². The number of hydrogen-bond acceptors (Lipinski definition) is 8. The molecule has 0 bridgehead atoms. The molecule has 0 saturated carbocycles. The van der Waals surface area contributed by atoms with Crippen molar-refractivity contribution >= 4 is 26.5 Å². The van der Waals surface area contributed by atoms with Crippen LogP contribution in [0.15, 0.2) is 56.2 Å². The highest BCUT2D eigenvalue weighted by molar-refractivity contribution is 7.88. The van der Waals surface area contributed by atoms with Gasteiger partial charge in [0.15, 0.2) is 0 Å². The van der Waals surface area contributed by atoms with Crippen LogP contribution >= 0.6 is 0 Å². The minimum atomic E-state index is -3.59. The van der Waals surface area contributed by atoms with Crippen molar-refractivity contribution < 1.29 is 30.9 Å². The molecule has 1 fully saturated rings. The van der Waals surface area contributed by atoms with Crippen LogP contribution in [-0.4, -0.2) is 85.8 Å². The van der Waals surface area contributed by atoms with E-state index in [1.807, 2.05) is 0 Å². The van der Waals surface area contributed by atoms with Crippen LogP contribution in [0.25, 0.3) is 0 Å². The summed E-state index contributed by atoms with van der Waals surface area (Å²) in [6.45, 7) is 6.48. The van der Waals surface area contributed by atoms with Gasteiger partial charge in [0, 0.05) is 51.0 Å². The summed E-state index contributed by atoms with van der Waals surface area (Å²) in [7, 11) is -5.37. The molecule has 35 heavy (non-hydrogen) atoms. The largest absolute Gasteiger partial charge is 0.444 e. The summed E-state index contributed by atoms with van der Waals surface area (Å²) in [5.74, 6) is 0. The maximum atomic E-state index is 12.3. The third-order valence-electron chi connectivity index (χ3n) is 4.72. The molecular weight excluding hydrogens is 500 g/mol. The molecule has 1 saturated heterocycles. The lowest BCUT2D eigenvalue weighted by atomic mass is 10.2. The van der Waals surface area contributed by atoms with Crippen molar-refractivity contribution in [3.63, 3.8) is 0 Å². The second-order valence-corrected chi connectivity index (χ2v) is 12.1. The van der Waals surface area contributed by atoms with Crippen LogP contribution in [0.1, 0.15) is 20.8 Å². The zero-order chi connectivity index (χ0) is 25.9. The standard InChI is InChI=1S/C12H20N4O4S.C7H9N4O2S/c1-12(2,3)20-11(17)14-6-8-15(9-7-14)21(18,19)16-5-4-13-10-16;1-9-4-5-11(7-9)14(12,13)10-3-2-8-6-10/h4-5,10H,6-9H2,1-3H3;2-7H,1H3/q;+1. The van der Waals surface area contributed by atoms with E-state index in [2.05, 4.69) is 9.97 Å². The average Bonchev–Trinajstić information content (AvgIpc) is 3.55. The normalized spacial score (nSPS) is 15.4. The van der Waals surface area contributed by atoms with Gasteiger partial charge in [0.25, 0.3) is 6.33 Å². The summed E-state index contributed by atoms with van der Waals surface area (Å²) in [6.07, 6.45) is 12.3. The summed E-state index contributed by atoms with van der Waals surface area (Å²) in [5, 5.41) is 0. The molecule has 4 rings (SSSR count). The number of carbonyl (C=O) groups excluding carboxylic acids is 1. The van der Waals surface area contributed by atoms with Crippen LogP contribution in [0.2, 0.25) is 0 Å². The van der Waals surface area contributed by atoms with Gasteiger partial charge in [0.05, 0.1) is 7.05 Å². The Labute approximate surface area is 204 Å². The van der Waals surface area contributed by atoms with Gasteiger partial charge in [0.2, 0.25) is 0 Å². The molecule has 0 aliphatic carbocycles. The molecule has 14 nitrogen and oxygen atoms in total. The number of piperazine rings is 1. The summed E-state index contributed by atoms with van der Waals surface area (Å²) < 4.78 is 59.6. The van der Waals surface area contributed by atoms with Crippen molar-refractivity contribution in [2.24, 2.45) is 7.05 Å². The summed E-state index contributed by atoms with van der Waals surface area (Å²) >= 11 is 0. The smallest absolute Gasteiger partial charge is 0.410 e. The van der Waals surface area contributed by atoms with E-state index in [-0.39, 0.29) is 13.1 Å². The first-order chi connectivity index (χ1) is 16.3. The number of aromatic nitrogens is 6. The lowest BCUT2D eigenvalue weighted by Gasteiger charge is -2.34. The van der Waals surface area contributed by atoms with Crippen molar-refractivity contribution in [3.8, 4) is 0 Å². The van der Waals surface area contributed by atoms with Crippen LogP contribution < -0.4 is 4.57 Å². The number of imidazole rings is 3. The van der Waals surface area contributed by atoms with Crippen molar-refractivity contribution in [1.82, 2.24) is 31.1 Å². The van der Waals surface area contributed by atoms with Crippen molar-refractivity contribution in [1.29, 1.82) is 0 Å². The van der Waals surface area contributed by atoms with Crippen LogP contribution in [0.5, 0.6) is 0 Å². The molecule has 0 N–H and O–H groups in total. The highest BCUT2D eigenvalue weighted by Gasteiger charge is 2.31. The van der Waals surface area contributed by atoms with Crippen molar-refractivity contribution in [2.45, 2.75) is 26.4 Å². The van der Waals surface area contributed by atoms with Gasteiger partial charge >= 0.3 is 26.5 Å². The van der Waals surface area contributed by atoms with Gasteiger partial charge in [-0.05, 0) is 20.8 Å². The first-order valence-corrected chi connectivity index (χ1v) is 13.3. The Bertz CT molecular complexity index is 1320. The van der Waals surface area contributed by atoms with Crippen LogP contribution in [-0.2, 0) is 32.2 Å². The Morgan fingerprint density at radius 2 is 1.40 bits per heavy atom. The topological polar surface area (TPSA) is 146 Å². The van der Waals surface area contributed by atoms with Crippen molar-refractivity contribution in [2.75, 3.05) is 26.2 Å². The maximum absolute atomic E-state index is 12.3.